The lowest BCUT2D eigenvalue weighted by Crippen LogP contribution is -2.38. The Hall–Kier alpha value is -1.58. The highest BCUT2D eigenvalue weighted by atomic mass is 16.2. The van der Waals surface area contributed by atoms with Crippen LogP contribution in [0.2, 0.25) is 0 Å². The summed E-state index contributed by atoms with van der Waals surface area (Å²) < 4.78 is 2.87. The number of hydrogen-bond donors (Lipinski definition) is 0. The van der Waals surface area contributed by atoms with Gasteiger partial charge in [0, 0.05) is 12.1 Å². The second-order valence-corrected chi connectivity index (χ2v) is 2.65. The second-order valence-electron chi connectivity index (χ2n) is 2.65. The lowest BCUT2D eigenvalue weighted by Gasteiger charge is -2.14. The molecule has 0 saturated heterocycles. The van der Waals surface area contributed by atoms with Gasteiger partial charge in [-0.1, -0.05) is 12.2 Å². The van der Waals surface area contributed by atoms with E-state index in [4.69, 9.17) is 0 Å². The van der Waals surface area contributed by atoms with Crippen molar-refractivity contribution in [1.29, 1.82) is 0 Å². The fourth-order valence-electron chi connectivity index (χ4n) is 1.28. The molecule has 1 aliphatic heterocycles. The molecule has 0 bridgehead atoms. The minimum absolute atomic E-state index is 0.126. The number of aromatic nitrogens is 2. The summed E-state index contributed by atoms with van der Waals surface area (Å²) in [5.41, 5.74) is -0.252. The van der Waals surface area contributed by atoms with Crippen LogP contribution in [-0.4, -0.2) is 9.36 Å². The topological polar surface area (TPSA) is 44.0 Å². The van der Waals surface area contributed by atoms with Crippen LogP contribution < -0.4 is 11.1 Å². The van der Waals surface area contributed by atoms with Gasteiger partial charge in [0.25, 0.3) is 11.1 Å². The SMILES string of the molecule is O=c1ccc(=O)n2n1CC=CC2. The van der Waals surface area contributed by atoms with Crippen LogP contribution in [0.5, 0.6) is 0 Å². The fraction of sp³-hybridized carbons (Fsp3) is 0.250. The molecular weight excluding hydrogens is 156 g/mol. The summed E-state index contributed by atoms with van der Waals surface area (Å²) in [6, 6.07) is 2.61. The van der Waals surface area contributed by atoms with E-state index in [2.05, 4.69) is 0 Å². The molecule has 62 valence electrons. The van der Waals surface area contributed by atoms with E-state index >= 15 is 0 Å². The zero-order valence-electron chi connectivity index (χ0n) is 6.43. The molecule has 0 radical (unpaired) electrons. The third kappa shape index (κ3) is 0.922. The van der Waals surface area contributed by atoms with Gasteiger partial charge in [-0.3, -0.25) is 9.59 Å². The standard InChI is InChI=1S/C8H8N2O2/c11-7-3-4-8(12)10-6-2-1-5-9(7)10/h1-4H,5-6H2. The predicted octanol–water partition coefficient (Wildman–Crippen LogP) is -0.420. The highest BCUT2D eigenvalue weighted by Gasteiger charge is 2.04. The van der Waals surface area contributed by atoms with E-state index in [1.165, 1.54) is 21.5 Å². The Labute approximate surface area is 68.3 Å². The molecule has 4 heteroatoms. The van der Waals surface area contributed by atoms with Crippen LogP contribution in [-0.2, 0) is 13.1 Å². The summed E-state index contributed by atoms with van der Waals surface area (Å²) in [4.78, 5) is 22.4. The van der Waals surface area contributed by atoms with Crippen LogP contribution in [0.1, 0.15) is 0 Å². The van der Waals surface area contributed by atoms with E-state index in [9.17, 15) is 9.59 Å². The molecule has 0 atom stereocenters. The first-order valence-corrected chi connectivity index (χ1v) is 3.75. The number of nitrogens with zero attached hydrogens (tertiary/aromatic N) is 2. The van der Waals surface area contributed by atoms with Gasteiger partial charge < -0.3 is 0 Å². The number of fused-ring (bicyclic) bond motifs is 1. The Bertz CT molecular complexity index is 398. The molecule has 1 aromatic rings. The van der Waals surface area contributed by atoms with Crippen molar-refractivity contribution >= 4 is 0 Å². The van der Waals surface area contributed by atoms with Gasteiger partial charge in [0.05, 0.1) is 13.1 Å². The number of rotatable bonds is 0. The first-order valence-electron chi connectivity index (χ1n) is 3.75. The first kappa shape index (κ1) is 7.09. The van der Waals surface area contributed by atoms with Gasteiger partial charge in [0.2, 0.25) is 0 Å². The maximum atomic E-state index is 11.2. The molecule has 2 rings (SSSR count). The van der Waals surface area contributed by atoms with E-state index in [-0.39, 0.29) is 11.1 Å². The molecule has 12 heavy (non-hydrogen) atoms. The first-order chi connectivity index (χ1) is 5.79. The van der Waals surface area contributed by atoms with Crippen molar-refractivity contribution in [2.24, 2.45) is 0 Å². The van der Waals surface area contributed by atoms with Crippen molar-refractivity contribution in [1.82, 2.24) is 9.36 Å². The van der Waals surface area contributed by atoms with Crippen molar-refractivity contribution in [3.8, 4) is 0 Å². The van der Waals surface area contributed by atoms with Crippen molar-refractivity contribution in [2.45, 2.75) is 13.1 Å². The van der Waals surface area contributed by atoms with E-state index in [0.29, 0.717) is 13.1 Å². The molecule has 0 fully saturated rings. The summed E-state index contributed by atoms with van der Waals surface area (Å²) in [5, 5.41) is 0. The maximum Gasteiger partial charge on any atom is 0.265 e. The van der Waals surface area contributed by atoms with Crippen LogP contribution in [0.15, 0.2) is 33.9 Å². The lowest BCUT2D eigenvalue weighted by molar-refractivity contribution is 0.457. The quantitative estimate of drug-likeness (QED) is 0.489. The van der Waals surface area contributed by atoms with E-state index < -0.39 is 0 Å². The van der Waals surface area contributed by atoms with Gasteiger partial charge in [-0.2, -0.15) is 0 Å². The van der Waals surface area contributed by atoms with Crippen LogP contribution in [0, 0.1) is 0 Å². The number of hydrogen-bond acceptors (Lipinski definition) is 2. The zero-order chi connectivity index (χ0) is 8.55. The zero-order valence-corrected chi connectivity index (χ0v) is 6.43. The summed E-state index contributed by atoms with van der Waals surface area (Å²) in [7, 11) is 0. The van der Waals surface area contributed by atoms with Crippen LogP contribution in [0.3, 0.4) is 0 Å². The molecule has 0 unspecified atom stereocenters. The molecule has 0 aromatic carbocycles. The second kappa shape index (κ2) is 2.48. The average Bonchev–Trinajstić information content (AvgIpc) is 2.12. The summed E-state index contributed by atoms with van der Waals surface area (Å²) in [6.45, 7) is 0.990. The highest BCUT2D eigenvalue weighted by Crippen LogP contribution is 1.91. The Balaban J connectivity index is 2.78. The van der Waals surface area contributed by atoms with E-state index in [1.807, 2.05) is 12.2 Å². The summed E-state index contributed by atoms with van der Waals surface area (Å²) in [5.74, 6) is 0. The fourth-order valence-corrected chi connectivity index (χ4v) is 1.28. The molecule has 0 spiro atoms. The predicted molar refractivity (Wildman–Crippen MR) is 44.1 cm³/mol. The highest BCUT2D eigenvalue weighted by molar-refractivity contribution is 4.95. The van der Waals surface area contributed by atoms with Crippen molar-refractivity contribution < 1.29 is 0 Å². The number of allylic oxidation sites excluding steroid dienone is 2. The molecule has 4 nitrogen and oxygen atoms in total. The third-order valence-corrected chi connectivity index (χ3v) is 1.89. The Morgan fingerprint density at radius 1 is 0.917 bits per heavy atom. The van der Waals surface area contributed by atoms with Crippen LogP contribution in [0.4, 0.5) is 0 Å². The minimum Gasteiger partial charge on any atom is -0.268 e. The largest absolute Gasteiger partial charge is 0.268 e. The van der Waals surface area contributed by atoms with Gasteiger partial charge in [-0.15, -0.1) is 0 Å². The maximum absolute atomic E-state index is 11.2. The molecule has 1 aromatic heterocycles. The minimum atomic E-state index is -0.126. The third-order valence-electron chi connectivity index (χ3n) is 1.89. The smallest absolute Gasteiger partial charge is 0.265 e. The molecule has 2 heterocycles. The Kier molecular flexibility index (Phi) is 1.46. The summed E-state index contributed by atoms with van der Waals surface area (Å²) in [6.07, 6.45) is 3.75. The summed E-state index contributed by atoms with van der Waals surface area (Å²) >= 11 is 0. The van der Waals surface area contributed by atoms with Gasteiger partial charge in [-0.25, -0.2) is 9.36 Å². The van der Waals surface area contributed by atoms with Gasteiger partial charge in [-0.05, 0) is 0 Å². The van der Waals surface area contributed by atoms with Gasteiger partial charge in [0.1, 0.15) is 0 Å². The molecule has 0 N–H and O–H groups in total. The van der Waals surface area contributed by atoms with E-state index in [1.54, 1.807) is 0 Å². The molecule has 0 amide bonds. The normalized spacial score (nSPS) is 14.3. The van der Waals surface area contributed by atoms with Gasteiger partial charge >= 0.3 is 0 Å². The van der Waals surface area contributed by atoms with Crippen molar-refractivity contribution in [2.75, 3.05) is 0 Å². The van der Waals surface area contributed by atoms with Crippen LogP contribution in [0.25, 0.3) is 0 Å². The van der Waals surface area contributed by atoms with Gasteiger partial charge in [0.15, 0.2) is 0 Å². The lowest BCUT2D eigenvalue weighted by atomic mass is 10.4. The van der Waals surface area contributed by atoms with E-state index in [0.717, 1.165) is 0 Å². The molecule has 0 aliphatic carbocycles. The monoisotopic (exact) mass is 164 g/mol. The van der Waals surface area contributed by atoms with Crippen LogP contribution >= 0.6 is 0 Å². The average molecular weight is 164 g/mol. The van der Waals surface area contributed by atoms with Crippen molar-refractivity contribution in [3.05, 3.63) is 45.0 Å². The molecular formula is C8H8N2O2. The molecule has 1 aliphatic rings. The Morgan fingerprint density at radius 3 is 1.75 bits per heavy atom. The Morgan fingerprint density at radius 2 is 1.33 bits per heavy atom. The van der Waals surface area contributed by atoms with Crippen molar-refractivity contribution in [3.63, 3.8) is 0 Å². The molecule has 0 saturated carbocycles.